The van der Waals surface area contributed by atoms with Crippen molar-refractivity contribution in [2.24, 2.45) is 7.05 Å². The second-order valence-electron chi connectivity index (χ2n) is 5.78. The third kappa shape index (κ3) is 3.76. The third-order valence-corrected chi connectivity index (χ3v) is 5.28. The number of aryl methyl sites for hydroxylation is 1. The first-order valence-corrected chi connectivity index (χ1v) is 9.11. The molecule has 128 valence electrons. The van der Waals surface area contributed by atoms with Gasteiger partial charge in [0.15, 0.2) is 0 Å². The summed E-state index contributed by atoms with van der Waals surface area (Å²) in [5, 5.41) is 15.1. The smallest absolute Gasteiger partial charge is 0.237 e. The highest BCUT2D eigenvalue weighted by Crippen LogP contribution is 2.23. The van der Waals surface area contributed by atoms with Crippen LogP contribution in [0.3, 0.4) is 0 Å². The fourth-order valence-electron chi connectivity index (χ4n) is 2.95. The van der Waals surface area contributed by atoms with Crippen LogP contribution in [0.5, 0.6) is 0 Å². The molecule has 0 saturated heterocycles. The number of fused-ring (bicyclic) bond motifs is 1. The Morgan fingerprint density at radius 3 is 2.88 bits per heavy atom. The van der Waals surface area contributed by atoms with Crippen molar-refractivity contribution in [3.05, 3.63) is 35.4 Å². The van der Waals surface area contributed by atoms with Crippen molar-refractivity contribution in [2.45, 2.75) is 31.1 Å². The molecule has 0 bridgehead atoms. The minimum absolute atomic E-state index is 0.0913. The van der Waals surface area contributed by atoms with E-state index in [9.17, 15) is 4.79 Å². The van der Waals surface area contributed by atoms with Crippen molar-refractivity contribution in [3.8, 4) is 0 Å². The third-order valence-electron chi connectivity index (χ3n) is 4.27. The Kier molecular flexibility index (Phi) is 5.47. The van der Waals surface area contributed by atoms with E-state index in [0.29, 0.717) is 6.54 Å². The molecule has 8 heteroatoms. The van der Waals surface area contributed by atoms with Crippen LogP contribution in [-0.2, 0) is 24.8 Å². The molecule has 0 unspecified atom stereocenters. The van der Waals surface area contributed by atoms with Crippen molar-refractivity contribution in [3.63, 3.8) is 0 Å². The van der Waals surface area contributed by atoms with E-state index in [1.165, 1.54) is 22.9 Å². The monoisotopic (exact) mass is 346 g/mol. The number of hydrogen-bond acceptors (Lipinski definition) is 6. The zero-order valence-electron chi connectivity index (χ0n) is 14.0. The van der Waals surface area contributed by atoms with Gasteiger partial charge in [-0.1, -0.05) is 43.0 Å². The Hall–Kier alpha value is -1.93. The van der Waals surface area contributed by atoms with Gasteiger partial charge in [0.05, 0.1) is 6.04 Å². The molecule has 2 aromatic rings. The molecule has 0 aliphatic carbocycles. The molecule has 1 amide bonds. The summed E-state index contributed by atoms with van der Waals surface area (Å²) in [5.41, 5.74) is 2.61. The van der Waals surface area contributed by atoms with Crippen LogP contribution in [0.2, 0.25) is 0 Å². The van der Waals surface area contributed by atoms with E-state index in [1.807, 2.05) is 6.07 Å². The number of rotatable bonds is 6. The van der Waals surface area contributed by atoms with Crippen molar-refractivity contribution in [1.29, 1.82) is 0 Å². The van der Waals surface area contributed by atoms with Gasteiger partial charge >= 0.3 is 0 Å². The summed E-state index contributed by atoms with van der Waals surface area (Å²) in [6.07, 6.45) is 0.774. The van der Waals surface area contributed by atoms with Gasteiger partial charge in [-0.2, -0.15) is 0 Å². The number of likely N-dealkylation sites (N-methyl/N-ethyl adjacent to an activating group) is 1. The fourth-order valence-corrected chi connectivity index (χ4v) is 3.65. The lowest BCUT2D eigenvalue weighted by Crippen LogP contribution is -2.50. The molecule has 0 radical (unpaired) electrons. The van der Waals surface area contributed by atoms with Crippen LogP contribution in [-0.4, -0.2) is 55.9 Å². The molecule has 3 rings (SSSR count). The van der Waals surface area contributed by atoms with Gasteiger partial charge in [-0.3, -0.25) is 9.69 Å². The number of carbonyl (C=O) groups is 1. The van der Waals surface area contributed by atoms with Crippen molar-refractivity contribution < 1.29 is 4.79 Å². The largest absolute Gasteiger partial charge is 0.354 e. The van der Waals surface area contributed by atoms with Crippen molar-refractivity contribution in [2.75, 3.05) is 18.8 Å². The molecule has 0 spiro atoms. The topological polar surface area (TPSA) is 75.9 Å². The van der Waals surface area contributed by atoms with Crippen LogP contribution < -0.4 is 5.32 Å². The number of carbonyl (C=O) groups excluding carboxylic acids is 1. The van der Waals surface area contributed by atoms with E-state index in [-0.39, 0.29) is 11.9 Å². The Balaban J connectivity index is 1.53. The summed E-state index contributed by atoms with van der Waals surface area (Å²) in [4.78, 5) is 14.8. The molecule has 1 N–H and O–H groups in total. The Bertz CT molecular complexity index is 703. The molecular weight excluding hydrogens is 324 g/mol. The first-order chi connectivity index (χ1) is 11.7. The van der Waals surface area contributed by atoms with Crippen molar-refractivity contribution in [1.82, 2.24) is 30.4 Å². The van der Waals surface area contributed by atoms with Gasteiger partial charge in [0.1, 0.15) is 0 Å². The highest BCUT2D eigenvalue weighted by atomic mass is 32.2. The van der Waals surface area contributed by atoms with E-state index in [2.05, 4.69) is 50.9 Å². The summed E-state index contributed by atoms with van der Waals surface area (Å²) in [6, 6.07) is 8.29. The Morgan fingerprint density at radius 1 is 1.38 bits per heavy atom. The average molecular weight is 346 g/mol. The summed E-state index contributed by atoms with van der Waals surface area (Å²) in [5.74, 6) is 0.845. The number of hydrogen-bond donors (Lipinski definition) is 1. The van der Waals surface area contributed by atoms with Crippen LogP contribution in [0.25, 0.3) is 0 Å². The molecule has 1 atom stereocenters. The summed E-state index contributed by atoms with van der Waals surface area (Å²) in [6.45, 7) is 4.41. The predicted octanol–water partition coefficient (Wildman–Crippen LogP) is 0.865. The summed E-state index contributed by atoms with van der Waals surface area (Å²) < 4.78 is 1.63. The molecule has 2 heterocycles. The number of nitrogens with zero attached hydrogens (tertiary/aromatic N) is 5. The number of tetrazole rings is 1. The minimum Gasteiger partial charge on any atom is -0.354 e. The lowest BCUT2D eigenvalue weighted by Gasteiger charge is -2.35. The van der Waals surface area contributed by atoms with E-state index < -0.39 is 0 Å². The minimum atomic E-state index is -0.0913. The van der Waals surface area contributed by atoms with E-state index in [0.717, 1.165) is 30.4 Å². The van der Waals surface area contributed by atoms with Gasteiger partial charge < -0.3 is 5.32 Å². The molecule has 0 fully saturated rings. The first kappa shape index (κ1) is 16.9. The van der Waals surface area contributed by atoms with Crippen LogP contribution in [0.1, 0.15) is 18.1 Å². The summed E-state index contributed by atoms with van der Waals surface area (Å²) in [7, 11) is 1.81. The van der Waals surface area contributed by atoms with Crippen LogP contribution >= 0.6 is 11.8 Å². The maximum Gasteiger partial charge on any atom is 0.237 e. The Morgan fingerprint density at radius 2 is 2.17 bits per heavy atom. The number of aromatic nitrogens is 4. The molecule has 24 heavy (non-hydrogen) atoms. The van der Waals surface area contributed by atoms with Gasteiger partial charge in [-0.05, 0) is 34.5 Å². The van der Waals surface area contributed by atoms with Gasteiger partial charge in [0.25, 0.3) is 0 Å². The van der Waals surface area contributed by atoms with Crippen LogP contribution in [0, 0.1) is 0 Å². The van der Waals surface area contributed by atoms with Crippen LogP contribution in [0.4, 0.5) is 0 Å². The maximum atomic E-state index is 12.6. The maximum absolute atomic E-state index is 12.6. The average Bonchev–Trinajstić information content (AvgIpc) is 3.02. The molecular formula is C16H22N6OS. The fraction of sp³-hybridized carbons (Fsp3) is 0.500. The molecule has 1 aromatic heterocycles. The molecule has 0 saturated carbocycles. The van der Waals surface area contributed by atoms with E-state index in [4.69, 9.17) is 0 Å². The highest BCUT2D eigenvalue weighted by Gasteiger charge is 2.30. The lowest BCUT2D eigenvalue weighted by molar-refractivity contribution is -0.126. The first-order valence-electron chi connectivity index (χ1n) is 8.12. The second kappa shape index (κ2) is 7.76. The normalized spacial score (nSPS) is 17.5. The van der Waals surface area contributed by atoms with Gasteiger partial charge in [-0.15, -0.1) is 5.10 Å². The Labute approximate surface area is 145 Å². The van der Waals surface area contributed by atoms with Crippen molar-refractivity contribution >= 4 is 17.7 Å². The molecule has 1 aliphatic heterocycles. The zero-order valence-corrected chi connectivity index (χ0v) is 14.8. The standard InChI is InChI=1S/C16H22N6OS/c1-3-22-11-13-7-5-4-6-12(13)10-14(22)15(23)17-8-9-24-16-18-19-20-21(16)2/h4-7,14H,3,8-11H2,1-2H3,(H,17,23)/t14-/m0/s1. The molecule has 7 nitrogen and oxygen atoms in total. The van der Waals surface area contributed by atoms with Gasteiger partial charge in [0, 0.05) is 25.9 Å². The zero-order chi connectivity index (χ0) is 16.9. The number of thioether (sulfide) groups is 1. The SMILES string of the molecule is CCN1Cc2ccccc2C[C@H]1C(=O)NCCSc1nnnn1C. The highest BCUT2D eigenvalue weighted by molar-refractivity contribution is 7.99. The summed E-state index contributed by atoms with van der Waals surface area (Å²) >= 11 is 1.54. The second-order valence-corrected chi connectivity index (χ2v) is 6.84. The number of nitrogens with one attached hydrogen (secondary N) is 1. The van der Waals surface area contributed by atoms with Gasteiger partial charge in [-0.25, -0.2) is 4.68 Å². The number of amides is 1. The van der Waals surface area contributed by atoms with E-state index >= 15 is 0 Å². The molecule has 1 aromatic carbocycles. The number of benzene rings is 1. The van der Waals surface area contributed by atoms with Gasteiger partial charge in [0.2, 0.25) is 11.1 Å². The lowest BCUT2D eigenvalue weighted by atomic mass is 9.93. The van der Waals surface area contributed by atoms with Crippen LogP contribution in [0.15, 0.2) is 29.4 Å². The van der Waals surface area contributed by atoms with E-state index in [1.54, 1.807) is 11.7 Å². The molecule has 1 aliphatic rings. The predicted molar refractivity (Wildman–Crippen MR) is 92.5 cm³/mol. The quantitative estimate of drug-likeness (QED) is 0.618.